The van der Waals surface area contributed by atoms with E-state index in [0.29, 0.717) is 6.54 Å². The molecule has 0 spiro atoms. The standard InChI is InChI=1S/C19H26N4O/c1-5-20-18(24)22-16-10-19(3,4)11-17-15(16)12-21-23(17)14-8-6-13(2)7-9-14/h6-9,12,16H,5,10-11H2,1-4H3,(H2,20,22,24)/t16-/m1/s1. The van der Waals surface area contributed by atoms with Gasteiger partial charge in [-0.05, 0) is 44.2 Å². The van der Waals surface area contributed by atoms with Gasteiger partial charge in [-0.15, -0.1) is 0 Å². The molecule has 24 heavy (non-hydrogen) atoms. The Morgan fingerprint density at radius 1 is 1.33 bits per heavy atom. The van der Waals surface area contributed by atoms with Crippen molar-refractivity contribution in [2.45, 2.75) is 46.6 Å². The van der Waals surface area contributed by atoms with E-state index in [-0.39, 0.29) is 17.5 Å². The van der Waals surface area contributed by atoms with Crippen LogP contribution in [0.1, 0.15) is 50.1 Å². The third-order valence-corrected chi connectivity index (χ3v) is 4.60. The second-order valence-corrected chi connectivity index (χ2v) is 7.40. The minimum absolute atomic E-state index is 0.00509. The zero-order valence-electron chi connectivity index (χ0n) is 14.9. The molecular weight excluding hydrogens is 300 g/mol. The molecule has 0 bridgehead atoms. The van der Waals surface area contributed by atoms with Crippen LogP contribution in [0.5, 0.6) is 0 Å². The fraction of sp³-hybridized carbons (Fsp3) is 0.474. The van der Waals surface area contributed by atoms with E-state index in [9.17, 15) is 4.79 Å². The molecule has 1 aliphatic rings. The van der Waals surface area contributed by atoms with Crippen LogP contribution in [0, 0.1) is 12.3 Å². The maximum atomic E-state index is 12.0. The summed E-state index contributed by atoms with van der Waals surface area (Å²) in [7, 11) is 0. The van der Waals surface area contributed by atoms with Crippen molar-refractivity contribution in [2.75, 3.05) is 6.54 Å². The van der Waals surface area contributed by atoms with E-state index in [1.54, 1.807) is 0 Å². The molecule has 1 heterocycles. The lowest BCUT2D eigenvalue weighted by molar-refractivity contribution is 0.221. The number of urea groups is 1. The first-order chi connectivity index (χ1) is 11.4. The predicted octanol–water partition coefficient (Wildman–Crippen LogP) is 3.51. The molecule has 1 aromatic carbocycles. The number of aromatic nitrogens is 2. The summed E-state index contributed by atoms with van der Waals surface area (Å²) < 4.78 is 2.02. The Hall–Kier alpha value is -2.30. The highest BCUT2D eigenvalue weighted by Gasteiger charge is 2.35. The number of rotatable bonds is 3. The lowest BCUT2D eigenvalue weighted by atomic mass is 9.74. The van der Waals surface area contributed by atoms with Gasteiger partial charge in [0.15, 0.2) is 0 Å². The zero-order chi connectivity index (χ0) is 17.3. The van der Waals surface area contributed by atoms with E-state index in [1.807, 2.05) is 17.8 Å². The number of amides is 2. The van der Waals surface area contributed by atoms with Crippen molar-refractivity contribution in [1.29, 1.82) is 0 Å². The molecule has 2 amide bonds. The molecular formula is C19H26N4O. The summed E-state index contributed by atoms with van der Waals surface area (Å²) in [6.45, 7) is 9.12. The van der Waals surface area contributed by atoms with Gasteiger partial charge >= 0.3 is 6.03 Å². The van der Waals surface area contributed by atoms with Crippen molar-refractivity contribution in [3.8, 4) is 5.69 Å². The van der Waals surface area contributed by atoms with Gasteiger partial charge in [0.2, 0.25) is 0 Å². The number of fused-ring (bicyclic) bond motifs is 1. The summed E-state index contributed by atoms with van der Waals surface area (Å²) in [4.78, 5) is 12.0. The van der Waals surface area contributed by atoms with E-state index in [2.05, 4.69) is 60.8 Å². The van der Waals surface area contributed by atoms with Gasteiger partial charge in [-0.3, -0.25) is 0 Å². The Kier molecular flexibility index (Phi) is 4.35. The normalized spacial score (nSPS) is 18.8. The number of carbonyl (C=O) groups is 1. The molecule has 0 saturated heterocycles. The van der Waals surface area contributed by atoms with Crippen molar-refractivity contribution in [3.63, 3.8) is 0 Å². The molecule has 5 heteroatoms. The Morgan fingerprint density at radius 3 is 2.71 bits per heavy atom. The summed E-state index contributed by atoms with van der Waals surface area (Å²) >= 11 is 0. The lowest BCUT2D eigenvalue weighted by Gasteiger charge is -2.35. The molecule has 2 aromatic rings. The van der Waals surface area contributed by atoms with Crippen molar-refractivity contribution in [3.05, 3.63) is 47.3 Å². The SMILES string of the molecule is CCNC(=O)N[C@@H]1CC(C)(C)Cc2c1cnn2-c1ccc(C)cc1. The van der Waals surface area contributed by atoms with Crippen LogP contribution < -0.4 is 10.6 Å². The Balaban J connectivity index is 1.96. The Labute approximate surface area is 143 Å². The number of nitrogens with zero attached hydrogens (tertiary/aromatic N) is 2. The third kappa shape index (κ3) is 3.30. The topological polar surface area (TPSA) is 59.0 Å². The van der Waals surface area contributed by atoms with Crippen molar-refractivity contribution in [1.82, 2.24) is 20.4 Å². The summed E-state index contributed by atoms with van der Waals surface area (Å²) in [6.07, 6.45) is 3.77. The maximum absolute atomic E-state index is 12.0. The summed E-state index contributed by atoms with van der Waals surface area (Å²) in [5.74, 6) is 0. The third-order valence-electron chi connectivity index (χ3n) is 4.60. The summed E-state index contributed by atoms with van der Waals surface area (Å²) in [6, 6.07) is 8.26. The molecule has 1 aliphatic carbocycles. The van der Waals surface area contributed by atoms with Crippen molar-refractivity contribution >= 4 is 6.03 Å². The first-order valence-corrected chi connectivity index (χ1v) is 8.58. The molecule has 128 valence electrons. The van der Waals surface area contributed by atoms with Crippen molar-refractivity contribution < 1.29 is 4.79 Å². The van der Waals surface area contributed by atoms with E-state index in [0.717, 1.165) is 24.1 Å². The largest absolute Gasteiger partial charge is 0.338 e. The monoisotopic (exact) mass is 326 g/mol. The van der Waals surface area contributed by atoms with Gasteiger partial charge in [0.25, 0.3) is 0 Å². The highest BCUT2D eigenvalue weighted by Crippen LogP contribution is 2.41. The van der Waals surface area contributed by atoms with E-state index in [4.69, 9.17) is 0 Å². The van der Waals surface area contributed by atoms with Crippen LogP contribution >= 0.6 is 0 Å². The first-order valence-electron chi connectivity index (χ1n) is 8.58. The summed E-state index contributed by atoms with van der Waals surface area (Å²) in [5, 5.41) is 10.5. The van der Waals surface area contributed by atoms with Crippen LogP contribution in [0.4, 0.5) is 4.79 Å². The average molecular weight is 326 g/mol. The Bertz CT molecular complexity index is 730. The smallest absolute Gasteiger partial charge is 0.315 e. The van der Waals surface area contributed by atoms with Gasteiger partial charge in [0.05, 0.1) is 23.6 Å². The molecule has 1 atom stereocenters. The predicted molar refractivity (Wildman–Crippen MR) is 95.4 cm³/mol. The van der Waals surface area contributed by atoms with E-state index in [1.165, 1.54) is 11.3 Å². The molecule has 2 N–H and O–H groups in total. The number of hydrogen-bond acceptors (Lipinski definition) is 2. The van der Waals surface area contributed by atoms with Crippen LogP contribution in [-0.2, 0) is 6.42 Å². The van der Waals surface area contributed by atoms with Crippen LogP contribution in [0.3, 0.4) is 0 Å². The second-order valence-electron chi connectivity index (χ2n) is 7.40. The highest BCUT2D eigenvalue weighted by molar-refractivity contribution is 5.74. The van der Waals surface area contributed by atoms with Crippen molar-refractivity contribution in [2.24, 2.45) is 5.41 Å². The molecule has 5 nitrogen and oxygen atoms in total. The van der Waals surface area contributed by atoms with Crippen LogP contribution in [-0.4, -0.2) is 22.4 Å². The molecule has 0 radical (unpaired) electrons. The first kappa shape index (κ1) is 16.6. The molecule has 0 saturated carbocycles. The Morgan fingerprint density at radius 2 is 2.04 bits per heavy atom. The molecule has 0 unspecified atom stereocenters. The minimum atomic E-state index is -0.116. The molecule has 1 aromatic heterocycles. The van der Waals surface area contributed by atoms with E-state index >= 15 is 0 Å². The minimum Gasteiger partial charge on any atom is -0.338 e. The summed E-state index contributed by atoms with van der Waals surface area (Å²) in [5.41, 5.74) is 4.73. The van der Waals surface area contributed by atoms with Crippen LogP contribution in [0.2, 0.25) is 0 Å². The van der Waals surface area contributed by atoms with Gasteiger partial charge in [-0.25, -0.2) is 9.48 Å². The van der Waals surface area contributed by atoms with Gasteiger partial charge in [-0.1, -0.05) is 31.5 Å². The molecule has 0 fully saturated rings. The zero-order valence-corrected chi connectivity index (χ0v) is 14.9. The second kappa shape index (κ2) is 6.30. The van der Waals surface area contributed by atoms with Gasteiger partial charge in [0, 0.05) is 12.1 Å². The van der Waals surface area contributed by atoms with Crippen LogP contribution in [0.25, 0.3) is 5.69 Å². The number of carbonyl (C=O) groups excluding carboxylic acids is 1. The molecule has 0 aliphatic heterocycles. The maximum Gasteiger partial charge on any atom is 0.315 e. The van der Waals surface area contributed by atoms with Crippen LogP contribution in [0.15, 0.2) is 30.5 Å². The average Bonchev–Trinajstić information content (AvgIpc) is 2.90. The fourth-order valence-corrected chi connectivity index (χ4v) is 3.45. The fourth-order valence-electron chi connectivity index (χ4n) is 3.45. The number of nitrogens with one attached hydrogen (secondary N) is 2. The number of benzene rings is 1. The lowest BCUT2D eigenvalue weighted by Crippen LogP contribution is -2.41. The van der Waals surface area contributed by atoms with Gasteiger partial charge in [-0.2, -0.15) is 5.10 Å². The van der Waals surface area contributed by atoms with E-state index < -0.39 is 0 Å². The quantitative estimate of drug-likeness (QED) is 0.907. The number of hydrogen-bond donors (Lipinski definition) is 2. The highest BCUT2D eigenvalue weighted by atomic mass is 16.2. The van der Waals surface area contributed by atoms with Gasteiger partial charge < -0.3 is 10.6 Å². The van der Waals surface area contributed by atoms with Gasteiger partial charge in [0.1, 0.15) is 0 Å². The number of aryl methyl sites for hydroxylation is 1. The molecule has 3 rings (SSSR count).